The Morgan fingerprint density at radius 2 is 1.48 bits per heavy atom. The van der Waals surface area contributed by atoms with Crippen molar-refractivity contribution in [2.24, 2.45) is 5.10 Å². The number of hydrogen-bond acceptors (Lipinski definition) is 5. The minimum atomic E-state index is -3.77. The van der Waals surface area contributed by atoms with Crippen LogP contribution in [-0.4, -0.2) is 20.0 Å². The van der Waals surface area contributed by atoms with Gasteiger partial charge >= 0.3 is 0 Å². The Bertz CT molecular complexity index is 1380. The lowest BCUT2D eigenvalue weighted by Crippen LogP contribution is -2.22. The van der Waals surface area contributed by atoms with Gasteiger partial charge in [-0.2, -0.15) is 5.10 Å². The molecule has 4 rings (SSSR count). The van der Waals surface area contributed by atoms with Crippen LogP contribution in [0.4, 0.5) is 5.69 Å². The van der Waals surface area contributed by atoms with Crippen molar-refractivity contribution >= 4 is 38.7 Å². The van der Waals surface area contributed by atoms with Crippen LogP contribution in [0.1, 0.15) is 22.8 Å². The van der Waals surface area contributed by atoms with Crippen LogP contribution in [0.15, 0.2) is 106 Å². The SMILES string of the molecule is C/C(=N/NC(=O)c1ccccc1NS(=O)(=O)c1cccs1)c1ccc(-c2ccccc2)cc1. The zero-order valence-corrected chi connectivity index (χ0v) is 19.4. The number of benzene rings is 3. The number of carbonyl (C=O) groups excluding carboxylic acids is 1. The van der Waals surface area contributed by atoms with Gasteiger partial charge in [0.1, 0.15) is 4.21 Å². The van der Waals surface area contributed by atoms with E-state index in [-0.39, 0.29) is 15.5 Å². The number of nitrogens with zero attached hydrogens (tertiary/aromatic N) is 1. The van der Waals surface area contributed by atoms with Gasteiger partial charge < -0.3 is 0 Å². The van der Waals surface area contributed by atoms with E-state index >= 15 is 0 Å². The highest BCUT2D eigenvalue weighted by molar-refractivity contribution is 7.94. The first kappa shape index (κ1) is 22.4. The Balaban J connectivity index is 1.49. The molecule has 8 heteroatoms. The van der Waals surface area contributed by atoms with E-state index in [9.17, 15) is 13.2 Å². The minimum absolute atomic E-state index is 0.172. The summed E-state index contributed by atoms with van der Waals surface area (Å²) in [6, 6.07) is 27.5. The summed E-state index contributed by atoms with van der Waals surface area (Å²) >= 11 is 1.10. The lowest BCUT2D eigenvalue weighted by atomic mass is 10.0. The average Bonchev–Trinajstić information content (AvgIpc) is 3.39. The summed E-state index contributed by atoms with van der Waals surface area (Å²) < 4.78 is 27.8. The second-order valence-corrected chi connectivity index (χ2v) is 10.0. The predicted molar refractivity (Wildman–Crippen MR) is 133 cm³/mol. The summed E-state index contributed by atoms with van der Waals surface area (Å²) in [4.78, 5) is 12.8. The fourth-order valence-electron chi connectivity index (χ4n) is 3.18. The van der Waals surface area contributed by atoms with E-state index in [0.717, 1.165) is 28.0 Å². The molecule has 33 heavy (non-hydrogen) atoms. The minimum Gasteiger partial charge on any atom is -0.278 e. The molecule has 1 aromatic heterocycles. The van der Waals surface area contributed by atoms with Crippen molar-refractivity contribution in [2.75, 3.05) is 4.72 Å². The number of sulfonamides is 1. The van der Waals surface area contributed by atoms with Crippen LogP contribution in [-0.2, 0) is 10.0 Å². The summed E-state index contributed by atoms with van der Waals surface area (Å²) in [5, 5.41) is 5.88. The normalized spacial score (nSPS) is 11.7. The maximum absolute atomic E-state index is 12.8. The highest BCUT2D eigenvalue weighted by Gasteiger charge is 2.19. The van der Waals surface area contributed by atoms with Gasteiger partial charge in [-0.05, 0) is 47.2 Å². The van der Waals surface area contributed by atoms with Crippen molar-refractivity contribution < 1.29 is 13.2 Å². The smallest absolute Gasteiger partial charge is 0.273 e. The van der Waals surface area contributed by atoms with E-state index in [0.29, 0.717) is 5.71 Å². The molecular weight excluding hydrogens is 454 g/mol. The molecule has 0 radical (unpaired) electrons. The molecule has 0 saturated carbocycles. The first-order chi connectivity index (χ1) is 15.9. The number of hydrogen-bond donors (Lipinski definition) is 2. The quantitative estimate of drug-likeness (QED) is 0.278. The maximum atomic E-state index is 12.8. The summed E-state index contributed by atoms with van der Waals surface area (Å²) in [5.74, 6) is -0.514. The molecule has 0 unspecified atom stereocenters. The number of amides is 1. The predicted octanol–water partition coefficient (Wildman–Crippen LogP) is 5.37. The van der Waals surface area contributed by atoms with Crippen molar-refractivity contribution in [2.45, 2.75) is 11.1 Å². The number of hydrazone groups is 1. The van der Waals surface area contributed by atoms with Gasteiger partial charge in [0.25, 0.3) is 15.9 Å². The molecule has 0 aliphatic heterocycles. The number of rotatable bonds is 7. The third kappa shape index (κ3) is 5.36. The monoisotopic (exact) mass is 475 g/mol. The van der Waals surface area contributed by atoms with Crippen LogP contribution < -0.4 is 10.1 Å². The number of carbonyl (C=O) groups is 1. The Hall–Kier alpha value is -3.75. The maximum Gasteiger partial charge on any atom is 0.273 e. The highest BCUT2D eigenvalue weighted by Crippen LogP contribution is 2.23. The molecule has 0 bridgehead atoms. The van der Waals surface area contributed by atoms with Crippen molar-refractivity contribution in [3.8, 4) is 11.1 Å². The van der Waals surface area contributed by atoms with Crippen molar-refractivity contribution in [3.63, 3.8) is 0 Å². The molecule has 0 spiro atoms. The van der Waals surface area contributed by atoms with Gasteiger partial charge in [0, 0.05) is 0 Å². The van der Waals surface area contributed by atoms with Gasteiger partial charge in [-0.1, -0.05) is 72.8 Å². The van der Waals surface area contributed by atoms with Crippen LogP contribution in [0.25, 0.3) is 11.1 Å². The van der Waals surface area contributed by atoms with Crippen molar-refractivity contribution in [1.82, 2.24) is 5.43 Å². The van der Waals surface area contributed by atoms with Crippen LogP contribution >= 0.6 is 11.3 Å². The molecule has 1 amide bonds. The topological polar surface area (TPSA) is 87.6 Å². The lowest BCUT2D eigenvalue weighted by molar-refractivity contribution is 0.0955. The van der Waals surface area contributed by atoms with Crippen LogP contribution in [0.3, 0.4) is 0 Å². The first-order valence-electron chi connectivity index (χ1n) is 10.1. The van der Waals surface area contributed by atoms with E-state index in [4.69, 9.17) is 0 Å². The summed E-state index contributed by atoms with van der Waals surface area (Å²) in [6.45, 7) is 1.79. The Morgan fingerprint density at radius 3 is 2.18 bits per heavy atom. The second-order valence-electron chi connectivity index (χ2n) is 7.16. The molecule has 0 fully saturated rings. The highest BCUT2D eigenvalue weighted by atomic mass is 32.2. The third-order valence-electron chi connectivity index (χ3n) is 4.91. The molecule has 2 N–H and O–H groups in total. The summed E-state index contributed by atoms with van der Waals surface area (Å²) in [5.41, 5.74) is 6.57. The van der Waals surface area contributed by atoms with Crippen LogP contribution in [0.5, 0.6) is 0 Å². The van der Waals surface area contributed by atoms with E-state index < -0.39 is 15.9 Å². The fourth-order valence-corrected chi connectivity index (χ4v) is 5.25. The largest absolute Gasteiger partial charge is 0.278 e. The number of para-hydroxylation sites is 1. The Labute approximate surface area is 196 Å². The van der Waals surface area contributed by atoms with Crippen LogP contribution in [0.2, 0.25) is 0 Å². The number of anilines is 1. The van der Waals surface area contributed by atoms with E-state index in [1.54, 1.807) is 42.6 Å². The van der Waals surface area contributed by atoms with Gasteiger partial charge in [-0.15, -0.1) is 11.3 Å². The standard InChI is InChI=1S/C25H21N3O3S2/c1-18(19-13-15-21(16-14-19)20-8-3-2-4-9-20)26-27-25(29)22-10-5-6-11-23(22)28-33(30,31)24-12-7-17-32-24/h2-17,28H,1H3,(H,27,29)/b26-18-. The Morgan fingerprint density at radius 1 is 0.818 bits per heavy atom. The molecule has 0 aliphatic rings. The fraction of sp³-hybridized carbons (Fsp3) is 0.0400. The molecule has 4 aromatic rings. The first-order valence-corrected chi connectivity index (χ1v) is 12.5. The molecule has 166 valence electrons. The van der Waals surface area contributed by atoms with Gasteiger partial charge in [0.2, 0.25) is 0 Å². The second kappa shape index (κ2) is 9.81. The average molecular weight is 476 g/mol. The zero-order chi connectivity index (χ0) is 23.3. The molecule has 0 saturated heterocycles. The van der Waals surface area contributed by atoms with E-state index in [2.05, 4.69) is 15.2 Å². The van der Waals surface area contributed by atoms with Gasteiger partial charge in [-0.3, -0.25) is 9.52 Å². The molecule has 1 heterocycles. The zero-order valence-electron chi connectivity index (χ0n) is 17.7. The van der Waals surface area contributed by atoms with Crippen LogP contribution in [0, 0.1) is 0 Å². The van der Waals surface area contributed by atoms with Crippen molar-refractivity contribution in [1.29, 1.82) is 0 Å². The molecule has 6 nitrogen and oxygen atoms in total. The summed E-state index contributed by atoms with van der Waals surface area (Å²) in [7, 11) is -3.77. The molecule has 0 aliphatic carbocycles. The lowest BCUT2D eigenvalue weighted by Gasteiger charge is -2.11. The summed E-state index contributed by atoms with van der Waals surface area (Å²) in [6.07, 6.45) is 0. The Kier molecular flexibility index (Phi) is 6.67. The van der Waals surface area contributed by atoms with Gasteiger partial charge in [0.05, 0.1) is 17.0 Å². The third-order valence-corrected chi connectivity index (χ3v) is 7.67. The van der Waals surface area contributed by atoms with E-state index in [1.807, 2.05) is 54.6 Å². The van der Waals surface area contributed by atoms with Gasteiger partial charge in [0.15, 0.2) is 0 Å². The molecule has 3 aromatic carbocycles. The van der Waals surface area contributed by atoms with Gasteiger partial charge in [-0.25, -0.2) is 13.8 Å². The van der Waals surface area contributed by atoms with Crippen molar-refractivity contribution in [3.05, 3.63) is 108 Å². The number of thiophene rings is 1. The molecular formula is C25H21N3O3S2. The van der Waals surface area contributed by atoms with E-state index in [1.165, 1.54) is 6.07 Å². The molecule has 0 atom stereocenters. The number of nitrogens with one attached hydrogen (secondary N) is 2.